The minimum Gasteiger partial charge on any atom is -0.744 e. The van der Waals surface area contributed by atoms with Crippen molar-refractivity contribution in [2.45, 2.75) is 4.90 Å². The average Bonchev–Trinajstić information content (AvgIpc) is 2.52. The molecule has 0 fully saturated rings. The summed E-state index contributed by atoms with van der Waals surface area (Å²) < 4.78 is 33.6. The fraction of sp³-hybridized carbons (Fsp3) is 0. The Hall–Kier alpha value is -1.97. The molecule has 0 heterocycles. The third-order valence-corrected chi connectivity index (χ3v) is 4.23. The SMILES string of the molecule is Nc1cc(O)ccc1N=Nc1cccc2ccc(S(=O)(=O)[O-])cc12.[Na+]. The molecule has 25 heavy (non-hydrogen) atoms. The molecule has 0 aliphatic rings. The number of nitrogens with two attached hydrogens (primary N) is 1. The summed E-state index contributed by atoms with van der Waals surface area (Å²) in [6.45, 7) is 0. The van der Waals surface area contributed by atoms with Gasteiger partial charge >= 0.3 is 29.6 Å². The number of fused-ring (bicyclic) bond motifs is 1. The molecule has 9 heteroatoms. The molecule has 122 valence electrons. The van der Waals surface area contributed by atoms with E-state index in [9.17, 15) is 18.1 Å². The molecule has 0 aromatic heterocycles. The fourth-order valence-corrected chi connectivity index (χ4v) is 2.72. The van der Waals surface area contributed by atoms with Crippen molar-refractivity contribution in [3.63, 3.8) is 0 Å². The Balaban J connectivity index is 0.00000225. The second kappa shape index (κ2) is 7.51. The van der Waals surface area contributed by atoms with E-state index in [2.05, 4.69) is 10.2 Å². The molecule has 7 nitrogen and oxygen atoms in total. The maximum absolute atomic E-state index is 11.2. The first-order valence-electron chi connectivity index (χ1n) is 6.83. The monoisotopic (exact) mass is 365 g/mol. The smallest absolute Gasteiger partial charge is 0.744 e. The zero-order chi connectivity index (χ0) is 17.3. The molecule has 0 radical (unpaired) electrons. The van der Waals surface area contributed by atoms with Gasteiger partial charge in [-0.05, 0) is 35.7 Å². The number of nitrogens with zero attached hydrogens (tertiary/aromatic N) is 2. The maximum atomic E-state index is 11.2. The largest absolute Gasteiger partial charge is 1.00 e. The van der Waals surface area contributed by atoms with Gasteiger partial charge < -0.3 is 15.4 Å². The number of phenolic OH excluding ortho intramolecular Hbond substituents is 1. The first-order chi connectivity index (χ1) is 11.3. The molecule has 3 N–H and O–H groups in total. The molecule has 0 saturated heterocycles. The summed E-state index contributed by atoms with van der Waals surface area (Å²) in [7, 11) is -4.56. The summed E-state index contributed by atoms with van der Waals surface area (Å²) in [6, 6.07) is 13.5. The molecule has 0 spiro atoms. The van der Waals surface area contributed by atoms with Gasteiger partial charge in [0, 0.05) is 11.5 Å². The van der Waals surface area contributed by atoms with E-state index in [-0.39, 0.29) is 45.9 Å². The number of azo groups is 1. The number of benzene rings is 3. The van der Waals surface area contributed by atoms with Crippen molar-refractivity contribution in [2.24, 2.45) is 10.2 Å². The Morgan fingerprint density at radius 2 is 1.68 bits per heavy atom. The number of nitrogen functional groups attached to an aromatic ring is 1. The van der Waals surface area contributed by atoms with Crippen molar-refractivity contribution in [1.82, 2.24) is 0 Å². The molecule has 0 saturated carbocycles. The molecular weight excluding hydrogens is 353 g/mol. The van der Waals surface area contributed by atoms with Gasteiger partial charge in [0.05, 0.1) is 16.3 Å². The number of phenols is 1. The van der Waals surface area contributed by atoms with Crippen LogP contribution in [0.2, 0.25) is 0 Å². The van der Waals surface area contributed by atoms with Crippen LogP contribution in [0.4, 0.5) is 17.1 Å². The molecule has 3 aromatic carbocycles. The van der Waals surface area contributed by atoms with Crippen molar-refractivity contribution < 1.29 is 47.6 Å². The molecule has 0 unspecified atom stereocenters. The van der Waals surface area contributed by atoms with Gasteiger partial charge in [0.15, 0.2) is 0 Å². The quantitative estimate of drug-likeness (QED) is 0.301. The second-order valence-corrected chi connectivity index (χ2v) is 6.44. The fourth-order valence-electron chi connectivity index (χ4n) is 2.22. The van der Waals surface area contributed by atoms with Gasteiger partial charge in [-0.3, -0.25) is 0 Å². The second-order valence-electron chi connectivity index (χ2n) is 5.06. The normalized spacial score (nSPS) is 11.6. The van der Waals surface area contributed by atoms with Crippen molar-refractivity contribution in [3.8, 4) is 5.75 Å². The van der Waals surface area contributed by atoms with Crippen LogP contribution in [0.3, 0.4) is 0 Å². The van der Waals surface area contributed by atoms with Crippen LogP contribution >= 0.6 is 0 Å². The van der Waals surface area contributed by atoms with Gasteiger partial charge in [0.1, 0.15) is 21.6 Å². The Morgan fingerprint density at radius 3 is 2.36 bits per heavy atom. The molecule has 3 rings (SSSR count). The van der Waals surface area contributed by atoms with Crippen molar-refractivity contribution >= 4 is 38.0 Å². The summed E-state index contributed by atoms with van der Waals surface area (Å²) >= 11 is 0. The zero-order valence-corrected chi connectivity index (χ0v) is 16.1. The summed E-state index contributed by atoms with van der Waals surface area (Å²) in [5, 5.41) is 18.6. The minimum absolute atomic E-state index is 0. The van der Waals surface area contributed by atoms with E-state index in [4.69, 9.17) is 5.73 Å². The van der Waals surface area contributed by atoms with Crippen LogP contribution in [0.15, 0.2) is 69.7 Å². The maximum Gasteiger partial charge on any atom is 1.00 e. The molecule has 0 atom stereocenters. The molecule has 3 aromatic rings. The Kier molecular flexibility index (Phi) is 5.81. The van der Waals surface area contributed by atoms with Crippen LogP contribution in [-0.2, 0) is 10.1 Å². The van der Waals surface area contributed by atoms with E-state index in [1.54, 1.807) is 18.2 Å². The number of hydrogen-bond donors (Lipinski definition) is 2. The van der Waals surface area contributed by atoms with Gasteiger partial charge in [0.2, 0.25) is 0 Å². The predicted octanol–water partition coefficient (Wildman–Crippen LogP) is 0.451. The van der Waals surface area contributed by atoms with Gasteiger partial charge in [-0.25, -0.2) is 8.42 Å². The Labute approximate surface area is 166 Å². The van der Waals surface area contributed by atoms with Crippen LogP contribution in [0, 0.1) is 0 Å². The van der Waals surface area contributed by atoms with E-state index in [1.807, 2.05) is 0 Å². The van der Waals surface area contributed by atoms with Crippen LogP contribution in [0.25, 0.3) is 10.8 Å². The third-order valence-electron chi connectivity index (χ3n) is 3.40. The van der Waals surface area contributed by atoms with E-state index in [0.29, 0.717) is 16.8 Å². The molecule has 0 bridgehead atoms. The number of rotatable bonds is 3. The molecule has 0 aliphatic carbocycles. The number of anilines is 1. The van der Waals surface area contributed by atoms with Gasteiger partial charge in [0.25, 0.3) is 0 Å². The summed E-state index contributed by atoms with van der Waals surface area (Å²) in [5.74, 6) is 0.0157. The van der Waals surface area contributed by atoms with Crippen molar-refractivity contribution in [1.29, 1.82) is 0 Å². The average molecular weight is 365 g/mol. The van der Waals surface area contributed by atoms with Gasteiger partial charge in [-0.15, -0.1) is 10.2 Å². The standard InChI is InChI=1S/C16H13N3O4S.Na/c17-14-8-11(20)5-7-16(14)19-18-15-3-1-2-10-4-6-12(9-13(10)15)24(21,22)23;/h1-9,20H,17H2,(H,21,22,23);/q;+1/p-1. The molecule has 0 aliphatic heterocycles. The molecule has 0 amide bonds. The zero-order valence-electron chi connectivity index (χ0n) is 13.2. The summed E-state index contributed by atoms with van der Waals surface area (Å²) in [4.78, 5) is -0.332. The van der Waals surface area contributed by atoms with Gasteiger partial charge in [-0.1, -0.05) is 18.2 Å². The van der Waals surface area contributed by atoms with E-state index in [1.165, 1.54) is 36.4 Å². The topological polar surface area (TPSA) is 128 Å². The predicted molar refractivity (Wildman–Crippen MR) is 88.6 cm³/mol. The van der Waals surface area contributed by atoms with Crippen molar-refractivity contribution in [2.75, 3.05) is 5.73 Å². The summed E-state index contributed by atoms with van der Waals surface area (Å²) in [5.41, 5.74) is 6.75. The Bertz CT molecular complexity index is 1070. The van der Waals surface area contributed by atoms with E-state index in [0.717, 1.165) is 5.39 Å². The third kappa shape index (κ3) is 4.36. The molecular formula is C16H12N3NaO4S. The van der Waals surface area contributed by atoms with Crippen LogP contribution < -0.4 is 35.3 Å². The minimum atomic E-state index is -4.56. The number of hydrogen-bond acceptors (Lipinski definition) is 7. The number of aromatic hydroxyl groups is 1. The van der Waals surface area contributed by atoms with Crippen LogP contribution in [-0.4, -0.2) is 18.1 Å². The van der Waals surface area contributed by atoms with E-state index < -0.39 is 10.1 Å². The first-order valence-corrected chi connectivity index (χ1v) is 8.24. The van der Waals surface area contributed by atoms with Crippen molar-refractivity contribution in [3.05, 3.63) is 54.6 Å². The first kappa shape index (κ1) is 19.4. The van der Waals surface area contributed by atoms with Crippen LogP contribution in [0.1, 0.15) is 0 Å². The van der Waals surface area contributed by atoms with Crippen LogP contribution in [0.5, 0.6) is 5.75 Å². The van der Waals surface area contributed by atoms with E-state index >= 15 is 0 Å². The summed E-state index contributed by atoms with van der Waals surface area (Å²) in [6.07, 6.45) is 0. The Morgan fingerprint density at radius 1 is 0.960 bits per heavy atom. The van der Waals surface area contributed by atoms with Gasteiger partial charge in [-0.2, -0.15) is 0 Å².